The Bertz CT molecular complexity index is 552. The molecular weight excluding hydrogens is 205 g/mol. The third-order valence-electron chi connectivity index (χ3n) is 2.27. The molecule has 0 atom stereocenters. The van der Waals surface area contributed by atoms with Gasteiger partial charge >= 0.3 is 0 Å². The minimum absolute atomic E-state index is 0.267. The topological polar surface area (TPSA) is 41.6 Å². The van der Waals surface area contributed by atoms with Gasteiger partial charge in [0.2, 0.25) is 0 Å². The van der Waals surface area contributed by atoms with E-state index < -0.39 is 0 Å². The van der Waals surface area contributed by atoms with Crippen LogP contribution in [0.3, 0.4) is 0 Å². The van der Waals surface area contributed by atoms with Crippen LogP contribution in [0.15, 0.2) is 30.5 Å². The quantitative estimate of drug-likeness (QED) is 0.771. The summed E-state index contributed by atoms with van der Waals surface area (Å²) < 4.78 is 14.8. The van der Waals surface area contributed by atoms with Crippen LogP contribution in [0.1, 0.15) is 5.69 Å². The second-order valence-corrected chi connectivity index (χ2v) is 3.51. The average molecular weight is 215 g/mol. The van der Waals surface area contributed by atoms with E-state index >= 15 is 0 Å². The van der Waals surface area contributed by atoms with Crippen LogP contribution in [0, 0.1) is 17.1 Å². The summed E-state index contributed by atoms with van der Waals surface area (Å²) in [6, 6.07) is 8.29. The van der Waals surface area contributed by atoms with Gasteiger partial charge in [-0.2, -0.15) is 5.26 Å². The SMILES string of the molecule is Cn1cc(CC#N)nc1-c1cccc(F)c1. The molecule has 0 aliphatic rings. The van der Waals surface area contributed by atoms with Crippen LogP contribution in [0.2, 0.25) is 0 Å². The van der Waals surface area contributed by atoms with E-state index in [0.717, 1.165) is 0 Å². The molecule has 0 N–H and O–H groups in total. The zero-order chi connectivity index (χ0) is 11.5. The Labute approximate surface area is 92.8 Å². The number of nitriles is 1. The highest BCUT2D eigenvalue weighted by atomic mass is 19.1. The third-order valence-corrected chi connectivity index (χ3v) is 2.27. The van der Waals surface area contributed by atoms with Gasteiger partial charge in [-0.3, -0.25) is 0 Å². The van der Waals surface area contributed by atoms with Crippen LogP contribution < -0.4 is 0 Å². The maximum Gasteiger partial charge on any atom is 0.140 e. The smallest absolute Gasteiger partial charge is 0.140 e. The summed E-state index contributed by atoms with van der Waals surface area (Å²) in [5, 5.41) is 8.58. The third kappa shape index (κ3) is 1.94. The minimum atomic E-state index is -0.290. The van der Waals surface area contributed by atoms with Crippen molar-refractivity contribution in [2.75, 3.05) is 0 Å². The van der Waals surface area contributed by atoms with E-state index in [1.165, 1.54) is 12.1 Å². The van der Waals surface area contributed by atoms with Crippen LogP contribution in [0.5, 0.6) is 0 Å². The average Bonchev–Trinajstić information content (AvgIpc) is 2.60. The predicted octanol–water partition coefficient (Wildman–Crippen LogP) is 2.29. The highest BCUT2D eigenvalue weighted by Gasteiger charge is 2.07. The molecule has 0 unspecified atom stereocenters. The number of benzene rings is 1. The monoisotopic (exact) mass is 215 g/mol. The number of nitrogens with zero attached hydrogens (tertiary/aromatic N) is 3. The molecule has 0 amide bonds. The number of imidazole rings is 1. The van der Waals surface area contributed by atoms with E-state index in [9.17, 15) is 4.39 Å². The van der Waals surface area contributed by atoms with Gasteiger partial charge in [0.15, 0.2) is 0 Å². The Morgan fingerprint density at radius 1 is 1.50 bits per heavy atom. The fourth-order valence-electron chi connectivity index (χ4n) is 1.59. The van der Waals surface area contributed by atoms with Gasteiger partial charge in [-0.25, -0.2) is 9.37 Å². The first-order valence-corrected chi connectivity index (χ1v) is 4.86. The maximum absolute atomic E-state index is 13.1. The van der Waals surface area contributed by atoms with Crippen molar-refractivity contribution in [2.24, 2.45) is 7.05 Å². The Morgan fingerprint density at radius 3 is 3.00 bits per heavy atom. The molecule has 0 aliphatic heterocycles. The lowest BCUT2D eigenvalue weighted by Crippen LogP contribution is -1.91. The lowest BCUT2D eigenvalue weighted by molar-refractivity contribution is 0.628. The first-order chi connectivity index (χ1) is 7.70. The fourth-order valence-corrected chi connectivity index (χ4v) is 1.59. The molecule has 0 radical (unpaired) electrons. The van der Waals surface area contributed by atoms with Crippen molar-refractivity contribution < 1.29 is 4.39 Å². The number of halogens is 1. The molecule has 0 fully saturated rings. The van der Waals surface area contributed by atoms with Gasteiger partial charge in [0.1, 0.15) is 11.6 Å². The van der Waals surface area contributed by atoms with Crippen LogP contribution in [-0.2, 0) is 13.5 Å². The molecule has 0 bridgehead atoms. The normalized spacial score (nSPS) is 10.1. The zero-order valence-corrected chi connectivity index (χ0v) is 8.81. The lowest BCUT2D eigenvalue weighted by atomic mass is 10.2. The lowest BCUT2D eigenvalue weighted by Gasteiger charge is -2.00. The van der Waals surface area contributed by atoms with Gasteiger partial charge < -0.3 is 4.57 Å². The molecule has 1 heterocycles. The highest BCUT2D eigenvalue weighted by molar-refractivity contribution is 5.56. The van der Waals surface area contributed by atoms with Crippen LogP contribution in [0.25, 0.3) is 11.4 Å². The number of rotatable bonds is 2. The van der Waals surface area contributed by atoms with E-state index in [1.54, 1.807) is 22.9 Å². The van der Waals surface area contributed by atoms with Crippen molar-refractivity contribution in [2.45, 2.75) is 6.42 Å². The standard InChI is InChI=1S/C12H10FN3/c1-16-8-11(5-6-14)15-12(16)9-3-2-4-10(13)7-9/h2-4,7-8H,5H2,1H3. The predicted molar refractivity (Wildman–Crippen MR) is 57.9 cm³/mol. The molecule has 2 rings (SSSR count). The van der Waals surface area contributed by atoms with Crippen LogP contribution in [0.4, 0.5) is 4.39 Å². The Balaban J connectivity index is 2.44. The van der Waals surface area contributed by atoms with E-state index in [0.29, 0.717) is 17.1 Å². The zero-order valence-electron chi connectivity index (χ0n) is 8.81. The Kier molecular flexibility index (Phi) is 2.69. The van der Waals surface area contributed by atoms with Gasteiger partial charge in [-0.05, 0) is 12.1 Å². The van der Waals surface area contributed by atoms with Crippen molar-refractivity contribution in [3.63, 3.8) is 0 Å². The summed E-state index contributed by atoms with van der Waals surface area (Å²) >= 11 is 0. The Morgan fingerprint density at radius 2 is 2.31 bits per heavy atom. The number of aromatic nitrogens is 2. The molecule has 1 aromatic heterocycles. The molecule has 2 aromatic rings. The van der Waals surface area contributed by atoms with E-state index in [-0.39, 0.29) is 12.2 Å². The molecule has 16 heavy (non-hydrogen) atoms. The molecule has 0 aliphatic carbocycles. The van der Waals surface area contributed by atoms with Crippen molar-refractivity contribution in [3.05, 3.63) is 42.0 Å². The summed E-state index contributed by atoms with van der Waals surface area (Å²) in [6.07, 6.45) is 2.05. The molecular formula is C12H10FN3. The van der Waals surface area contributed by atoms with Crippen LogP contribution >= 0.6 is 0 Å². The van der Waals surface area contributed by atoms with Gasteiger partial charge in [0, 0.05) is 18.8 Å². The van der Waals surface area contributed by atoms with E-state index in [2.05, 4.69) is 4.98 Å². The number of hydrogen-bond acceptors (Lipinski definition) is 2. The minimum Gasteiger partial charge on any atom is -0.334 e. The molecule has 0 spiro atoms. The highest BCUT2D eigenvalue weighted by Crippen LogP contribution is 2.18. The van der Waals surface area contributed by atoms with E-state index in [4.69, 9.17) is 5.26 Å². The van der Waals surface area contributed by atoms with Crippen molar-refractivity contribution in [1.29, 1.82) is 5.26 Å². The first-order valence-electron chi connectivity index (χ1n) is 4.86. The number of hydrogen-bond donors (Lipinski definition) is 0. The Hall–Kier alpha value is -2.15. The molecule has 3 nitrogen and oxygen atoms in total. The summed E-state index contributed by atoms with van der Waals surface area (Å²) in [5.41, 5.74) is 1.41. The van der Waals surface area contributed by atoms with Gasteiger partial charge in [-0.15, -0.1) is 0 Å². The van der Waals surface area contributed by atoms with E-state index in [1.807, 2.05) is 13.1 Å². The molecule has 1 aromatic carbocycles. The first kappa shape index (κ1) is 10.4. The van der Waals surface area contributed by atoms with Gasteiger partial charge in [-0.1, -0.05) is 12.1 Å². The summed E-state index contributed by atoms with van der Waals surface area (Å²) in [4.78, 5) is 4.28. The molecule has 0 saturated carbocycles. The largest absolute Gasteiger partial charge is 0.334 e. The maximum atomic E-state index is 13.1. The summed E-state index contributed by atoms with van der Waals surface area (Å²) in [7, 11) is 1.83. The van der Waals surface area contributed by atoms with Crippen molar-refractivity contribution in [3.8, 4) is 17.5 Å². The number of aryl methyl sites for hydroxylation is 1. The van der Waals surface area contributed by atoms with Gasteiger partial charge in [0.05, 0.1) is 18.2 Å². The van der Waals surface area contributed by atoms with Gasteiger partial charge in [0.25, 0.3) is 0 Å². The summed E-state index contributed by atoms with van der Waals surface area (Å²) in [6.45, 7) is 0. The second-order valence-electron chi connectivity index (χ2n) is 3.51. The van der Waals surface area contributed by atoms with Crippen molar-refractivity contribution >= 4 is 0 Å². The molecule has 0 saturated heterocycles. The van der Waals surface area contributed by atoms with Crippen LogP contribution in [-0.4, -0.2) is 9.55 Å². The fraction of sp³-hybridized carbons (Fsp3) is 0.167. The molecule has 80 valence electrons. The molecule has 4 heteroatoms. The second kappa shape index (κ2) is 4.15. The van der Waals surface area contributed by atoms with Crippen molar-refractivity contribution in [1.82, 2.24) is 9.55 Å². The summed E-state index contributed by atoms with van der Waals surface area (Å²) in [5.74, 6) is 0.382.